The minimum Gasteiger partial charge on any atom is -0.395 e. The smallest absolute Gasteiger partial charge is 0.0625 e. The number of thiophene rings is 1. The Morgan fingerprint density at radius 1 is 1.71 bits per heavy atom. The fourth-order valence-electron chi connectivity index (χ4n) is 1.04. The van der Waals surface area contributed by atoms with E-state index in [9.17, 15) is 5.11 Å². The predicted octanol–water partition coefficient (Wildman–Crippen LogP) is 1.17. The van der Waals surface area contributed by atoms with Crippen LogP contribution < -0.4 is 5.73 Å². The number of methoxy groups -OCH3 is 1. The molecule has 0 bridgehead atoms. The molecule has 0 amide bonds. The zero-order chi connectivity index (χ0) is 10.4. The number of aliphatic hydroxyl groups excluding tert-OH is 1. The van der Waals surface area contributed by atoms with E-state index in [0.29, 0.717) is 6.61 Å². The van der Waals surface area contributed by atoms with Crippen molar-refractivity contribution in [3.63, 3.8) is 0 Å². The van der Waals surface area contributed by atoms with Crippen molar-refractivity contribution < 1.29 is 9.84 Å². The van der Waals surface area contributed by atoms with Gasteiger partial charge in [-0.25, -0.2) is 0 Å². The molecule has 1 heterocycles. The van der Waals surface area contributed by atoms with Crippen LogP contribution in [-0.2, 0) is 4.74 Å². The second-order valence-electron chi connectivity index (χ2n) is 2.89. The van der Waals surface area contributed by atoms with Crippen molar-refractivity contribution in [2.45, 2.75) is 15.5 Å². The molecule has 5 heteroatoms. The average Bonchev–Trinajstić information content (AvgIpc) is 2.66. The van der Waals surface area contributed by atoms with Gasteiger partial charge in [-0.15, -0.1) is 23.1 Å². The Balaban J connectivity index is 2.46. The van der Waals surface area contributed by atoms with E-state index in [1.807, 2.05) is 17.5 Å². The van der Waals surface area contributed by atoms with Crippen LogP contribution in [0.15, 0.2) is 21.7 Å². The summed E-state index contributed by atoms with van der Waals surface area (Å²) in [5.41, 5.74) is 5.85. The lowest BCUT2D eigenvalue weighted by Gasteiger charge is -2.19. The fraction of sp³-hybridized carbons (Fsp3) is 0.556. The molecular formula is C9H15NO2S2. The molecule has 0 aromatic carbocycles. The van der Waals surface area contributed by atoms with Gasteiger partial charge in [0.05, 0.1) is 22.7 Å². The lowest BCUT2D eigenvalue weighted by atomic mass is 10.2. The van der Waals surface area contributed by atoms with Crippen molar-refractivity contribution in [1.29, 1.82) is 0 Å². The molecule has 0 saturated heterocycles. The molecule has 0 radical (unpaired) electrons. The minimum atomic E-state index is -0.128. The molecule has 3 nitrogen and oxygen atoms in total. The summed E-state index contributed by atoms with van der Waals surface area (Å²) in [6.45, 7) is 0.552. The van der Waals surface area contributed by atoms with Crippen LogP contribution in [-0.4, -0.2) is 36.7 Å². The topological polar surface area (TPSA) is 55.5 Å². The molecule has 0 saturated carbocycles. The molecule has 1 rings (SSSR count). The van der Waals surface area contributed by atoms with Gasteiger partial charge in [0.25, 0.3) is 0 Å². The Kier molecular flexibility index (Phi) is 5.50. The fourth-order valence-corrected chi connectivity index (χ4v) is 3.03. The summed E-state index contributed by atoms with van der Waals surface area (Å²) in [6, 6.07) is 3.89. The molecule has 2 atom stereocenters. The Hall–Kier alpha value is -0.0700. The second-order valence-corrected chi connectivity index (χ2v) is 5.38. The van der Waals surface area contributed by atoms with E-state index in [4.69, 9.17) is 10.5 Å². The quantitative estimate of drug-likeness (QED) is 0.724. The third kappa shape index (κ3) is 3.59. The monoisotopic (exact) mass is 233 g/mol. The van der Waals surface area contributed by atoms with E-state index >= 15 is 0 Å². The summed E-state index contributed by atoms with van der Waals surface area (Å²) in [7, 11) is 1.62. The summed E-state index contributed by atoms with van der Waals surface area (Å²) in [4.78, 5) is 0. The van der Waals surface area contributed by atoms with E-state index in [1.165, 1.54) is 4.21 Å². The van der Waals surface area contributed by atoms with E-state index in [0.717, 1.165) is 0 Å². The number of ether oxygens (including phenoxy) is 1. The Labute approximate surface area is 92.3 Å². The molecular weight excluding hydrogens is 218 g/mol. The number of aliphatic hydroxyl groups is 1. The molecule has 1 aromatic rings. The van der Waals surface area contributed by atoms with Crippen LogP contribution >= 0.6 is 23.1 Å². The Morgan fingerprint density at radius 2 is 2.50 bits per heavy atom. The molecule has 80 valence electrons. The van der Waals surface area contributed by atoms with Gasteiger partial charge in [-0.3, -0.25) is 0 Å². The molecule has 0 fully saturated rings. The van der Waals surface area contributed by atoms with Gasteiger partial charge < -0.3 is 15.6 Å². The van der Waals surface area contributed by atoms with E-state index in [1.54, 1.807) is 30.2 Å². The first-order chi connectivity index (χ1) is 6.77. The third-order valence-electron chi connectivity index (χ3n) is 1.78. The third-order valence-corrected chi connectivity index (χ3v) is 4.19. The highest BCUT2D eigenvalue weighted by molar-refractivity contribution is 8.01. The summed E-state index contributed by atoms with van der Waals surface area (Å²) < 4.78 is 6.14. The lowest BCUT2D eigenvalue weighted by Crippen LogP contribution is -2.38. The molecule has 1 aromatic heterocycles. The summed E-state index contributed by atoms with van der Waals surface area (Å²) >= 11 is 3.26. The van der Waals surface area contributed by atoms with Crippen LogP contribution in [0.2, 0.25) is 0 Å². The number of hydrogen-bond donors (Lipinski definition) is 2. The van der Waals surface area contributed by atoms with Crippen LogP contribution in [0.25, 0.3) is 0 Å². The van der Waals surface area contributed by atoms with E-state index in [-0.39, 0.29) is 17.9 Å². The lowest BCUT2D eigenvalue weighted by molar-refractivity contribution is 0.167. The summed E-state index contributed by atoms with van der Waals surface area (Å²) in [6.07, 6.45) is 0. The molecule has 0 aliphatic carbocycles. The highest BCUT2D eigenvalue weighted by Crippen LogP contribution is 2.28. The first kappa shape index (κ1) is 12.0. The molecule has 0 aliphatic heterocycles. The maximum absolute atomic E-state index is 9.17. The molecule has 0 aliphatic rings. The zero-order valence-corrected chi connectivity index (χ0v) is 9.68. The van der Waals surface area contributed by atoms with Crippen molar-refractivity contribution in [3.05, 3.63) is 17.5 Å². The molecule has 14 heavy (non-hydrogen) atoms. The average molecular weight is 233 g/mol. The standard InChI is InChI=1S/C9H15NO2S2/c1-12-6-7(10)8(5-11)14-9-3-2-4-13-9/h2-4,7-8,11H,5-6,10H2,1H3. The Bertz CT molecular complexity index is 241. The van der Waals surface area contributed by atoms with E-state index in [2.05, 4.69) is 0 Å². The van der Waals surface area contributed by atoms with Crippen LogP contribution in [0.1, 0.15) is 0 Å². The van der Waals surface area contributed by atoms with Crippen molar-refractivity contribution >= 4 is 23.1 Å². The van der Waals surface area contributed by atoms with Crippen LogP contribution in [0.4, 0.5) is 0 Å². The highest BCUT2D eigenvalue weighted by atomic mass is 32.2. The molecule has 3 N–H and O–H groups in total. The number of thioether (sulfide) groups is 1. The van der Waals surface area contributed by atoms with Crippen LogP contribution in [0, 0.1) is 0 Å². The predicted molar refractivity (Wildman–Crippen MR) is 60.9 cm³/mol. The van der Waals surface area contributed by atoms with Crippen molar-refractivity contribution in [1.82, 2.24) is 0 Å². The normalized spacial score (nSPS) is 15.4. The van der Waals surface area contributed by atoms with Gasteiger partial charge >= 0.3 is 0 Å². The van der Waals surface area contributed by atoms with Crippen molar-refractivity contribution in [2.24, 2.45) is 5.73 Å². The van der Waals surface area contributed by atoms with Gasteiger partial charge in [-0.2, -0.15) is 0 Å². The van der Waals surface area contributed by atoms with Crippen molar-refractivity contribution in [2.75, 3.05) is 20.3 Å². The number of rotatable bonds is 6. The van der Waals surface area contributed by atoms with E-state index < -0.39 is 0 Å². The summed E-state index contributed by atoms with van der Waals surface area (Å²) in [5.74, 6) is 0. The van der Waals surface area contributed by atoms with Gasteiger partial charge in [0.15, 0.2) is 0 Å². The van der Waals surface area contributed by atoms with Gasteiger partial charge in [-0.1, -0.05) is 6.07 Å². The number of hydrogen-bond acceptors (Lipinski definition) is 5. The van der Waals surface area contributed by atoms with Crippen molar-refractivity contribution in [3.8, 4) is 0 Å². The second kappa shape index (κ2) is 6.42. The van der Waals surface area contributed by atoms with Gasteiger partial charge in [0.1, 0.15) is 0 Å². The van der Waals surface area contributed by atoms with Gasteiger partial charge in [0, 0.05) is 13.2 Å². The highest BCUT2D eigenvalue weighted by Gasteiger charge is 2.18. The molecule has 0 spiro atoms. The number of nitrogens with two attached hydrogens (primary N) is 1. The maximum atomic E-state index is 9.17. The first-order valence-electron chi connectivity index (χ1n) is 4.33. The largest absolute Gasteiger partial charge is 0.395 e. The van der Waals surface area contributed by atoms with Crippen LogP contribution in [0.3, 0.4) is 0 Å². The van der Waals surface area contributed by atoms with Gasteiger partial charge in [0.2, 0.25) is 0 Å². The maximum Gasteiger partial charge on any atom is 0.0625 e. The minimum absolute atomic E-state index is 0.00796. The van der Waals surface area contributed by atoms with Gasteiger partial charge in [-0.05, 0) is 11.4 Å². The summed E-state index contributed by atoms with van der Waals surface area (Å²) in [5, 5.41) is 11.2. The first-order valence-corrected chi connectivity index (χ1v) is 6.09. The Morgan fingerprint density at radius 3 is 3.00 bits per heavy atom. The SMILES string of the molecule is COCC(N)C(CO)Sc1cccs1. The molecule has 2 unspecified atom stereocenters. The van der Waals surface area contributed by atoms with Crippen LogP contribution in [0.5, 0.6) is 0 Å². The zero-order valence-electron chi connectivity index (χ0n) is 8.05.